The number of hydrogen-bond acceptors (Lipinski definition) is 4. The average molecular weight is 384 g/mol. The van der Waals surface area contributed by atoms with Crippen molar-refractivity contribution in [2.45, 2.75) is 52.4 Å². The highest BCUT2D eigenvalue weighted by Crippen LogP contribution is 2.24. The van der Waals surface area contributed by atoms with Gasteiger partial charge in [0, 0.05) is 13.0 Å². The van der Waals surface area contributed by atoms with Crippen molar-refractivity contribution in [1.29, 1.82) is 0 Å². The maximum Gasteiger partial charge on any atom is 0.407 e. The van der Waals surface area contributed by atoms with E-state index in [-0.39, 0.29) is 0 Å². The van der Waals surface area contributed by atoms with Crippen LogP contribution in [0, 0.1) is 6.92 Å². The van der Waals surface area contributed by atoms with Gasteiger partial charge in [-0.3, -0.25) is 0 Å². The van der Waals surface area contributed by atoms with Crippen molar-refractivity contribution in [3.63, 3.8) is 0 Å². The van der Waals surface area contributed by atoms with Crippen LogP contribution in [0.25, 0.3) is 0 Å². The third-order valence-electron chi connectivity index (χ3n) is 4.08. The molecule has 6 heteroatoms. The SMILES string of the molecule is Cc1cc(CNC(=O)OC(C)(C)C)ccc1CC(OC(N)=O)c1ccccc1. The molecule has 2 rings (SSSR count). The summed E-state index contributed by atoms with van der Waals surface area (Å²) in [6.07, 6.45) is -1.19. The molecule has 2 amide bonds. The quantitative estimate of drug-likeness (QED) is 0.772. The van der Waals surface area contributed by atoms with Crippen molar-refractivity contribution >= 4 is 12.2 Å². The highest BCUT2D eigenvalue weighted by Gasteiger charge is 2.18. The molecule has 28 heavy (non-hydrogen) atoms. The maximum atomic E-state index is 11.8. The molecule has 0 saturated carbocycles. The number of amides is 2. The Hall–Kier alpha value is -3.02. The predicted octanol–water partition coefficient (Wildman–Crippen LogP) is 4.40. The molecule has 0 heterocycles. The van der Waals surface area contributed by atoms with E-state index in [9.17, 15) is 9.59 Å². The van der Waals surface area contributed by atoms with E-state index in [2.05, 4.69) is 5.32 Å². The van der Waals surface area contributed by atoms with Crippen LogP contribution in [0.2, 0.25) is 0 Å². The Morgan fingerprint density at radius 2 is 1.79 bits per heavy atom. The van der Waals surface area contributed by atoms with Crippen LogP contribution in [0.5, 0.6) is 0 Å². The Morgan fingerprint density at radius 3 is 2.36 bits per heavy atom. The lowest BCUT2D eigenvalue weighted by Gasteiger charge is -2.20. The van der Waals surface area contributed by atoms with Crippen LogP contribution in [0.15, 0.2) is 48.5 Å². The predicted molar refractivity (Wildman–Crippen MR) is 108 cm³/mol. The van der Waals surface area contributed by atoms with Gasteiger partial charge in [0.05, 0.1) is 0 Å². The number of carbonyl (C=O) groups is 2. The fourth-order valence-electron chi connectivity index (χ4n) is 2.82. The second-order valence-electron chi connectivity index (χ2n) is 7.66. The lowest BCUT2D eigenvalue weighted by molar-refractivity contribution is 0.0523. The van der Waals surface area contributed by atoms with E-state index in [1.807, 2.05) is 76.2 Å². The van der Waals surface area contributed by atoms with Crippen LogP contribution in [0.3, 0.4) is 0 Å². The zero-order valence-corrected chi connectivity index (χ0v) is 16.8. The molecule has 0 spiro atoms. The van der Waals surface area contributed by atoms with E-state index in [1.165, 1.54) is 0 Å². The lowest BCUT2D eigenvalue weighted by Crippen LogP contribution is -2.32. The van der Waals surface area contributed by atoms with Gasteiger partial charge in [0.1, 0.15) is 11.7 Å². The second kappa shape index (κ2) is 9.26. The number of primary amides is 1. The molecule has 1 atom stereocenters. The Kier molecular flexibility index (Phi) is 7.04. The van der Waals surface area contributed by atoms with Crippen molar-refractivity contribution in [3.05, 3.63) is 70.8 Å². The van der Waals surface area contributed by atoms with Crippen molar-refractivity contribution in [2.24, 2.45) is 5.73 Å². The van der Waals surface area contributed by atoms with Crippen LogP contribution in [-0.2, 0) is 22.4 Å². The number of carbonyl (C=O) groups excluding carboxylic acids is 2. The van der Waals surface area contributed by atoms with Gasteiger partial charge in [-0.2, -0.15) is 0 Å². The average Bonchev–Trinajstić information content (AvgIpc) is 2.60. The van der Waals surface area contributed by atoms with Crippen LogP contribution < -0.4 is 11.1 Å². The number of nitrogens with two attached hydrogens (primary N) is 1. The number of aryl methyl sites for hydroxylation is 1. The van der Waals surface area contributed by atoms with Crippen molar-refractivity contribution in [1.82, 2.24) is 5.32 Å². The Balaban J connectivity index is 2.06. The molecule has 0 aliphatic heterocycles. The summed E-state index contributed by atoms with van der Waals surface area (Å²) in [7, 11) is 0. The van der Waals surface area contributed by atoms with Gasteiger partial charge in [0.15, 0.2) is 0 Å². The largest absolute Gasteiger partial charge is 0.444 e. The van der Waals surface area contributed by atoms with Gasteiger partial charge >= 0.3 is 12.2 Å². The normalized spacial score (nSPS) is 12.1. The monoisotopic (exact) mass is 384 g/mol. The van der Waals surface area contributed by atoms with Crippen molar-refractivity contribution < 1.29 is 19.1 Å². The summed E-state index contributed by atoms with van der Waals surface area (Å²) in [6, 6.07) is 15.4. The fraction of sp³-hybridized carbons (Fsp3) is 0.364. The van der Waals surface area contributed by atoms with Crippen LogP contribution in [0.4, 0.5) is 9.59 Å². The molecule has 0 aliphatic rings. The highest BCUT2D eigenvalue weighted by atomic mass is 16.6. The number of hydrogen-bond donors (Lipinski definition) is 2. The molecule has 0 fully saturated rings. The summed E-state index contributed by atoms with van der Waals surface area (Å²) >= 11 is 0. The van der Waals surface area contributed by atoms with Crippen molar-refractivity contribution in [2.75, 3.05) is 0 Å². The number of benzene rings is 2. The molecule has 0 aliphatic carbocycles. The molecule has 150 valence electrons. The molecule has 2 aromatic rings. The molecule has 3 N–H and O–H groups in total. The Morgan fingerprint density at radius 1 is 1.11 bits per heavy atom. The summed E-state index contributed by atoms with van der Waals surface area (Å²) < 4.78 is 10.6. The molecular weight excluding hydrogens is 356 g/mol. The molecule has 0 radical (unpaired) electrons. The Bertz CT molecular complexity index is 813. The number of rotatable bonds is 6. The van der Waals surface area contributed by atoms with Crippen LogP contribution in [0.1, 0.15) is 49.1 Å². The summed E-state index contributed by atoms with van der Waals surface area (Å²) in [6.45, 7) is 7.82. The zero-order valence-electron chi connectivity index (χ0n) is 16.8. The first-order chi connectivity index (χ1) is 13.1. The molecular formula is C22H28N2O4. The van der Waals surface area contributed by atoms with Gasteiger partial charge in [0.25, 0.3) is 0 Å². The number of alkyl carbamates (subject to hydrolysis) is 1. The molecule has 0 bridgehead atoms. The zero-order chi connectivity index (χ0) is 20.7. The Labute approximate surface area is 166 Å². The standard InChI is InChI=1S/C22H28N2O4/c1-15-12-16(14-24-21(26)28-22(2,3)4)10-11-18(15)13-19(27-20(23)25)17-8-6-5-7-9-17/h5-12,19H,13-14H2,1-4H3,(H2,23,25)(H,24,26). The van der Waals surface area contributed by atoms with Gasteiger partial charge in [-0.05, 0) is 49.9 Å². The molecule has 0 saturated heterocycles. The van der Waals surface area contributed by atoms with E-state index in [1.54, 1.807) is 0 Å². The minimum atomic E-state index is -0.801. The molecule has 1 unspecified atom stereocenters. The summed E-state index contributed by atoms with van der Waals surface area (Å²) in [5.74, 6) is 0. The van der Waals surface area contributed by atoms with E-state index >= 15 is 0 Å². The minimum absolute atomic E-state index is 0.371. The fourth-order valence-corrected chi connectivity index (χ4v) is 2.82. The molecule has 6 nitrogen and oxygen atoms in total. The first-order valence-electron chi connectivity index (χ1n) is 9.20. The van der Waals surface area contributed by atoms with Gasteiger partial charge in [-0.25, -0.2) is 9.59 Å². The third kappa shape index (κ3) is 6.95. The minimum Gasteiger partial charge on any atom is -0.444 e. The van der Waals surface area contributed by atoms with E-state index < -0.39 is 23.9 Å². The van der Waals surface area contributed by atoms with Crippen molar-refractivity contribution in [3.8, 4) is 0 Å². The topological polar surface area (TPSA) is 90.7 Å². The maximum absolute atomic E-state index is 11.8. The third-order valence-corrected chi connectivity index (χ3v) is 4.08. The van der Waals surface area contributed by atoms with Gasteiger partial charge in [0.2, 0.25) is 0 Å². The van der Waals surface area contributed by atoms with E-state index in [0.717, 1.165) is 22.3 Å². The highest BCUT2D eigenvalue weighted by molar-refractivity contribution is 5.67. The first kappa shape index (κ1) is 21.3. The second-order valence-corrected chi connectivity index (χ2v) is 7.66. The van der Waals surface area contributed by atoms with Gasteiger partial charge in [-0.1, -0.05) is 48.5 Å². The van der Waals surface area contributed by atoms with Gasteiger partial charge in [-0.15, -0.1) is 0 Å². The summed E-state index contributed by atoms with van der Waals surface area (Å²) in [4.78, 5) is 23.1. The van der Waals surface area contributed by atoms with Crippen LogP contribution >= 0.6 is 0 Å². The molecule has 0 aromatic heterocycles. The molecule has 2 aromatic carbocycles. The number of ether oxygens (including phenoxy) is 2. The van der Waals surface area contributed by atoms with Crippen LogP contribution in [-0.4, -0.2) is 17.8 Å². The van der Waals surface area contributed by atoms with E-state index in [4.69, 9.17) is 15.2 Å². The first-order valence-corrected chi connectivity index (χ1v) is 9.20. The van der Waals surface area contributed by atoms with Gasteiger partial charge < -0.3 is 20.5 Å². The smallest absolute Gasteiger partial charge is 0.407 e. The van der Waals surface area contributed by atoms with E-state index in [0.29, 0.717) is 13.0 Å². The lowest BCUT2D eigenvalue weighted by atomic mass is 9.96. The number of nitrogens with one attached hydrogen (secondary N) is 1. The summed E-state index contributed by atoms with van der Waals surface area (Å²) in [5, 5.41) is 2.75. The summed E-state index contributed by atoms with van der Waals surface area (Å²) in [5.41, 5.74) is 8.63.